The number of fused-ring (bicyclic) bond motifs is 1. The average molecular weight is 372 g/mol. The predicted octanol–water partition coefficient (Wildman–Crippen LogP) is 3.93. The van der Waals surface area contributed by atoms with E-state index >= 15 is 0 Å². The molecule has 1 aromatic carbocycles. The van der Waals surface area contributed by atoms with Crippen molar-refractivity contribution in [3.05, 3.63) is 72.3 Å². The number of hydrogen-bond acceptors (Lipinski definition) is 5. The fourth-order valence-electron chi connectivity index (χ4n) is 3.23. The maximum Gasteiger partial charge on any atom is 0.195 e. The fourth-order valence-corrected chi connectivity index (χ4v) is 3.23. The molecule has 6 nitrogen and oxygen atoms in total. The van der Waals surface area contributed by atoms with E-state index in [1.807, 2.05) is 43.3 Å². The molecule has 0 spiro atoms. The smallest absolute Gasteiger partial charge is 0.195 e. The molecular weight excluding hydrogens is 352 g/mol. The number of carbonyl (C=O) groups excluding carboxylic acids is 1. The van der Waals surface area contributed by atoms with Gasteiger partial charge < -0.3 is 14.6 Å². The first kappa shape index (κ1) is 17.7. The van der Waals surface area contributed by atoms with Gasteiger partial charge in [0.25, 0.3) is 0 Å². The summed E-state index contributed by atoms with van der Waals surface area (Å²) >= 11 is 0. The van der Waals surface area contributed by atoms with Crippen LogP contribution in [0, 0.1) is 0 Å². The lowest BCUT2D eigenvalue weighted by atomic mass is 10.0. The number of aromatic nitrogens is 3. The third-order valence-corrected chi connectivity index (χ3v) is 4.71. The molecule has 0 aliphatic carbocycles. The number of pyridine rings is 2. The number of aromatic amines is 1. The molecule has 0 amide bonds. The van der Waals surface area contributed by atoms with E-state index < -0.39 is 0 Å². The van der Waals surface area contributed by atoms with Gasteiger partial charge >= 0.3 is 0 Å². The van der Waals surface area contributed by atoms with Gasteiger partial charge in [-0.05, 0) is 35.9 Å². The third-order valence-electron chi connectivity index (χ3n) is 4.71. The lowest BCUT2D eigenvalue weighted by Gasteiger charge is -2.17. The average Bonchev–Trinajstić information content (AvgIpc) is 3.16. The second-order valence-electron chi connectivity index (χ2n) is 6.67. The standard InChI is InChI=1S/C22H20N4O2/c1-26(2)19-5-4-15(11-20(19)28-3)16-10-17-18(13-25-22(17)24-12-16)21(27)14-6-8-23-9-7-14/h4-13H,1-3H3,(H,24,25). The van der Waals surface area contributed by atoms with E-state index in [-0.39, 0.29) is 5.78 Å². The molecule has 28 heavy (non-hydrogen) atoms. The van der Waals surface area contributed by atoms with Gasteiger partial charge in [-0.1, -0.05) is 6.07 Å². The summed E-state index contributed by atoms with van der Waals surface area (Å²) in [5.74, 6) is 0.720. The molecule has 4 aromatic rings. The highest BCUT2D eigenvalue weighted by atomic mass is 16.5. The SMILES string of the molecule is COc1cc(-c2cnc3[nH]cc(C(=O)c4ccncc4)c3c2)ccc1N(C)C. The summed E-state index contributed by atoms with van der Waals surface area (Å²) in [6.07, 6.45) is 6.73. The molecule has 0 aliphatic heterocycles. The number of benzene rings is 1. The van der Waals surface area contributed by atoms with Crippen LogP contribution in [-0.4, -0.2) is 41.9 Å². The minimum absolute atomic E-state index is 0.0619. The highest BCUT2D eigenvalue weighted by Gasteiger charge is 2.16. The van der Waals surface area contributed by atoms with Gasteiger partial charge in [0.15, 0.2) is 5.78 Å². The van der Waals surface area contributed by atoms with Crippen molar-refractivity contribution >= 4 is 22.5 Å². The Bertz CT molecular complexity index is 1150. The Kier molecular flexibility index (Phi) is 4.53. The normalized spacial score (nSPS) is 10.8. The number of nitrogens with one attached hydrogen (secondary N) is 1. The Morgan fingerprint density at radius 2 is 1.86 bits per heavy atom. The Morgan fingerprint density at radius 3 is 2.57 bits per heavy atom. The van der Waals surface area contributed by atoms with E-state index in [2.05, 4.69) is 15.0 Å². The van der Waals surface area contributed by atoms with Gasteiger partial charge in [-0.2, -0.15) is 0 Å². The van der Waals surface area contributed by atoms with Crippen molar-refractivity contribution in [3.63, 3.8) is 0 Å². The van der Waals surface area contributed by atoms with Crippen LogP contribution in [0.2, 0.25) is 0 Å². The maximum absolute atomic E-state index is 12.9. The number of carbonyl (C=O) groups is 1. The first-order chi connectivity index (χ1) is 13.6. The predicted molar refractivity (Wildman–Crippen MR) is 110 cm³/mol. The number of ketones is 1. The van der Waals surface area contributed by atoms with Crippen LogP contribution in [0.25, 0.3) is 22.2 Å². The zero-order chi connectivity index (χ0) is 19.7. The van der Waals surface area contributed by atoms with Gasteiger partial charge in [-0.15, -0.1) is 0 Å². The first-order valence-electron chi connectivity index (χ1n) is 8.86. The largest absolute Gasteiger partial charge is 0.495 e. The van der Waals surface area contributed by atoms with E-state index in [9.17, 15) is 4.79 Å². The number of H-pyrrole nitrogens is 1. The minimum atomic E-state index is -0.0619. The molecule has 0 saturated carbocycles. The van der Waals surface area contributed by atoms with Gasteiger partial charge in [-0.25, -0.2) is 4.98 Å². The van der Waals surface area contributed by atoms with Crippen molar-refractivity contribution in [1.82, 2.24) is 15.0 Å². The molecular formula is C22H20N4O2. The Labute approximate surface area is 162 Å². The molecule has 0 radical (unpaired) electrons. The van der Waals surface area contributed by atoms with Crippen LogP contribution in [0.3, 0.4) is 0 Å². The van der Waals surface area contributed by atoms with E-state index in [1.165, 1.54) is 0 Å². The molecule has 140 valence electrons. The zero-order valence-electron chi connectivity index (χ0n) is 15.9. The van der Waals surface area contributed by atoms with Gasteiger partial charge in [0, 0.05) is 61.0 Å². The van der Waals surface area contributed by atoms with Gasteiger partial charge in [0.1, 0.15) is 11.4 Å². The van der Waals surface area contributed by atoms with Crippen LogP contribution in [0.4, 0.5) is 5.69 Å². The van der Waals surface area contributed by atoms with Crippen molar-refractivity contribution in [2.24, 2.45) is 0 Å². The van der Waals surface area contributed by atoms with Crippen molar-refractivity contribution in [2.45, 2.75) is 0 Å². The van der Waals surface area contributed by atoms with Crippen LogP contribution >= 0.6 is 0 Å². The van der Waals surface area contributed by atoms with Crippen molar-refractivity contribution < 1.29 is 9.53 Å². The van der Waals surface area contributed by atoms with Crippen molar-refractivity contribution in [1.29, 1.82) is 0 Å². The van der Waals surface area contributed by atoms with E-state index in [0.717, 1.165) is 28.0 Å². The van der Waals surface area contributed by atoms with Crippen LogP contribution in [-0.2, 0) is 0 Å². The minimum Gasteiger partial charge on any atom is -0.495 e. The van der Waals surface area contributed by atoms with Gasteiger partial charge in [0.2, 0.25) is 0 Å². The topological polar surface area (TPSA) is 71.1 Å². The Hall–Kier alpha value is -3.67. The lowest BCUT2D eigenvalue weighted by Crippen LogP contribution is -2.09. The van der Waals surface area contributed by atoms with Crippen LogP contribution in [0.5, 0.6) is 5.75 Å². The van der Waals surface area contributed by atoms with Gasteiger partial charge in [0.05, 0.1) is 12.8 Å². The van der Waals surface area contributed by atoms with E-state index in [1.54, 1.807) is 44.0 Å². The number of nitrogens with zero attached hydrogens (tertiary/aromatic N) is 3. The maximum atomic E-state index is 12.9. The van der Waals surface area contributed by atoms with E-state index in [0.29, 0.717) is 16.8 Å². The second-order valence-corrected chi connectivity index (χ2v) is 6.67. The summed E-state index contributed by atoms with van der Waals surface area (Å²) in [4.78, 5) is 26.4. The Morgan fingerprint density at radius 1 is 1.07 bits per heavy atom. The summed E-state index contributed by atoms with van der Waals surface area (Å²) in [7, 11) is 5.61. The Balaban J connectivity index is 1.79. The lowest BCUT2D eigenvalue weighted by molar-refractivity contribution is 0.104. The third kappa shape index (κ3) is 3.09. The number of methoxy groups -OCH3 is 1. The fraction of sp³-hybridized carbons (Fsp3) is 0.136. The second kappa shape index (κ2) is 7.15. The number of anilines is 1. The van der Waals surface area contributed by atoms with Crippen LogP contribution in [0.1, 0.15) is 15.9 Å². The molecule has 0 unspecified atom stereocenters. The summed E-state index contributed by atoms with van der Waals surface area (Å²) < 4.78 is 5.53. The number of rotatable bonds is 5. The summed E-state index contributed by atoms with van der Waals surface area (Å²) in [6.45, 7) is 0. The molecule has 3 heterocycles. The van der Waals surface area contributed by atoms with Crippen molar-refractivity contribution in [3.8, 4) is 16.9 Å². The van der Waals surface area contributed by atoms with Gasteiger partial charge in [-0.3, -0.25) is 9.78 Å². The van der Waals surface area contributed by atoms with Crippen molar-refractivity contribution in [2.75, 3.05) is 26.1 Å². The first-order valence-corrected chi connectivity index (χ1v) is 8.86. The van der Waals surface area contributed by atoms with E-state index in [4.69, 9.17) is 4.74 Å². The van der Waals surface area contributed by atoms with Crippen LogP contribution < -0.4 is 9.64 Å². The summed E-state index contributed by atoms with van der Waals surface area (Å²) in [5.41, 5.74) is 4.75. The molecule has 1 N–H and O–H groups in total. The molecule has 0 bridgehead atoms. The number of hydrogen-bond donors (Lipinski definition) is 1. The van der Waals surface area contributed by atoms with Crippen LogP contribution in [0.15, 0.2) is 61.2 Å². The quantitative estimate of drug-likeness (QED) is 0.538. The molecule has 0 fully saturated rings. The summed E-state index contributed by atoms with van der Waals surface area (Å²) in [5, 5.41) is 0.787. The molecule has 4 rings (SSSR count). The number of ether oxygens (including phenoxy) is 1. The molecule has 6 heteroatoms. The zero-order valence-corrected chi connectivity index (χ0v) is 15.9. The molecule has 0 atom stereocenters. The monoisotopic (exact) mass is 372 g/mol. The summed E-state index contributed by atoms with van der Waals surface area (Å²) in [6, 6.07) is 11.4. The highest BCUT2D eigenvalue weighted by Crippen LogP contribution is 2.33. The highest BCUT2D eigenvalue weighted by molar-refractivity contribution is 6.16. The molecule has 0 aliphatic rings. The molecule has 3 aromatic heterocycles. The molecule has 0 saturated heterocycles.